The summed E-state index contributed by atoms with van der Waals surface area (Å²) >= 11 is 0. The standard InChI is InChI=1S/C9H16N2O/c1-4-9(12)11-7-10(3)6-5-8(11)2/h4,8H,1,5-7H2,2-3H3. The highest BCUT2D eigenvalue weighted by Gasteiger charge is 2.23. The SMILES string of the molecule is C=CC(=O)N1CN(C)CCC1C. The van der Waals surface area contributed by atoms with Gasteiger partial charge in [-0.15, -0.1) is 0 Å². The summed E-state index contributed by atoms with van der Waals surface area (Å²) in [5.74, 6) is 0.0362. The molecule has 1 unspecified atom stereocenters. The zero-order chi connectivity index (χ0) is 9.14. The van der Waals surface area contributed by atoms with Crippen LogP contribution >= 0.6 is 0 Å². The zero-order valence-corrected chi connectivity index (χ0v) is 7.79. The summed E-state index contributed by atoms with van der Waals surface area (Å²) in [4.78, 5) is 15.3. The van der Waals surface area contributed by atoms with Crippen LogP contribution in [0.15, 0.2) is 12.7 Å². The van der Waals surface area contributed by atoms with Crippen LogP contribution in [0, 0.1) is 0 Å². The summed E-state index contributed by atoms with van der Waals surface area (Å²) in [6, 6.07) is 0.353. The van der Waals surface area contributed by atoms with E-state index in [1.807, 2.05) is 11.9 Å². The van der Waals surface area contributed by atoms with Crippen LogP contribution in [0.5, 0.6) is 0 Å². The monoisotopic (exact) mass is 168 g/mol. The molecular weight excluding hydrogens is 152 g/mol. The molecule has 1 atom stereocenters. The first-order valence-electron chi connectivity index (χ1n) is 4.26. The van der Waals surface area contributed by atoms with Gasteiger partial charge in [-0.2, -0.15) is 0 Å². The van der Waals surface area contributed by atoms with Gasteiger partial charge < -0.3 is 4.90 Å². The Morgan fingerprint density at radius 1 is 1.67 bits per heavy atom. The van der Waals surface area contributed by atoms with Gasteiger partial charge in [-0.3, -0.25) is 9.69 Å². The summed E-state index contributed by atoms with van der Waals surface area (Å²) in [5.41, 5.74) is 0. The maximum atomic E-state index is 11.3. The lowest BCUT2D eigenvalue weighted by Crippen LogP contribution is -2.50. The van der Waals surface area contributed by atoms with Crippen molar-refractivity contribution in [3.05, 3.63) is 12.7 Å². The summed E-state index contributed by atoms with van der Waals surface area (Å²) in [7, 11) is 2.02. The molecule has 0 spiro atoms. The molecule has 0 saturated carbocycles. The molecular formula is C9H16N2O. The Morgan fingerprint density at radius 2 is 2.33 bits per heavy atom. The Bertz CT molecular complexity index is 191. The maximum absolute atomic E-state index is 11.3. The quantitative estimate of drug-likeness (QED) is 0.538. The Balaban J connectivity index is 2.60. The molecule has 1 fully saturated rings. The van der Waals surface area contributed by atoms with E-state index < -0.39 is 0 Å². The molecule has 0 radical (unpaired) electrons. The summed E-state index contributed by atoms with van der Waals surface area (Å²) in [5, 5.41) is 0. The van der Waals surface area contributed by atoms with E-state index in [0.717, 1.165) is 19.6 Å². The fourth-order valence-electron chi connectivity index (χ4n) is 1.44. The van der Waals surface area contributed by atoms with Crippen LogP contribution in [0.2, 0.25) is 0 Å². The second kappa shape index (κ2) is 3.72. The fraction of sp³-hybridized carbons (Fsp3) is 0.667. The first-order chi connectivity index (χ1) is 5.65. The average Bonchev–Trinajstić information content (AvgIpc) is 2.08. The molecule has 0 aromatic heterocycles. The second-order valence-electron chi connectivity index (χ2n) is 3.37. The molecule has 1 aliphatic heterocycles. The molecule has 0 aromatic carbocycles. The van der Waals surface area contributed by atoms with Crippen LogP contribution in [0.3, 0.4) is 0 Å². The minimum atomic E-state index is 0.0362. The van der Waals surface area contributed by atoms with Gasteiger partial charge in [0.2, 0.25) is 5.91 Å². The van der Waals surface area contributed by atoms with Crippen molar-refractivity contribution >= 4 is 5.91 Å². The Labute approximate surface area is 73.6 Å². The van der Waals surface area contributed by atoms with Crippen LogP contribution in [0.4, 0.5) is 0 Å². The molecule has 1 saturated heterocycles. The minimum absolute atomic E-state index is 0.0362. The third-order valence-corrected chi connectivity index (χ3v) is 2.31. The molecule has 1 rings (SSSR count). The van der Waals surface area contributed by atoms with Gasteiger partial charge in [0, 0.05) is 12.6 Å². The van der Waals surface area contributed by atoms with Crippen LogP contribution in [0.25, 0.3) is 0 Å². The fourth-order valence-corrected chi connectivity index (χ4v) is 1.44. The second-order valence-corrected chi connectivity index (χ2v) is 3.37. The minimum Gasteiger partial charge on any atom is -0.323 e. The van der Waals surface area contributed by atoms with Crippen molar-refractivity contribution in [3.63, 3.8) is 0 Å². The van der Waals surface area contributed by atoms with E-state index in [1.165, 1.54) is 6.08 Å². The Hall–Kier alpha value is -0.830. The van der Waals surface area contributed by atoms with E-state index in [4.69, 9.17) is 0 Å². The number of nitrogens with zero attached hydrogens (tertiary/aromatic N) is 2. The maximum Gasteiger partial charge on any atom is 0.247 e. The topological polar surface area (TPSA) is 23.6 Å². The van der Waals surface area contributed by atoms with Crippen LogP contribution in [0.1, 0.15) is 13.3 Å². The highest BCUT2D eigenvalue weighted by Crippen LogP contribution is 2.11. The number of rotatable bonds is 1. The molecule has 3 heteroatoms. The molecule has 0 aromatic rings. The van der Waals surface area contributed by atoms with Crippen molar-refractivity contribution < 1.29 is 4.79 Å². The average molecular weight is 168 g/mol. The number of carbonyl (C=O) groups excluding carboxylic acids is 1. The highest BCUT2D eigenvalue weighted by atomic mass is 16.2. The van der Waals surface area contributed by atoms with E-state index in [-0.39, 0.29) is 5.91 Å². The van der Waals surface area contributed by atoms with Gasteiger partial charge >= 0.3 is 0 Å². The lowest BCUT2D eigenvalue weighted by molar-refractivity contribution is -0.132. The van der Waals surface area contributed by atoms with E-state index in [0.29, 0.717) is 6.04 Å². The van der Waals surface area contributed by atoms with Crippen LogP contribution < -0.4 is 0 Å². The van der Waals surface area contributed by atoms with Crippen LogP contribution in [-0.4, -0.2) is 42.0 Å². The molecule has 68 valence electrons. The molecule has 1 heterocycles. The van der Waals surface area contributed by atoms with E-state index in [2.05, 4.69) is 18.4 Å². The molecule has 0 aliphatic carbocycles. The zero-order valence-electron chi connectivity index (χ0n) is 7.79. The summed E-state index contributed by atoms with van der Waals surface area (Å²) in [6.07, 6.45) is 2.44. The lowest BCUT2D eigenvalue weighted by Gasteiger charge is -2.37. The van der Waals surface area contributed by atoms with E-state index in [9.17, 15) is 4.79 Å². The predicted molar refractivity (Wildman–Crippen MR) is 48.6 cm³/mol. The number of hydrogen-bond donors (Lipinski definition) is 0. The number of hydrogen-bond acceptors (Lipinski definition) is 2. The Morgan fingerprint density at radius 3 is 2.92 bits per heavy atom. The smallest absolute Gasteiger partial charge is 0.247 e. The largest absolute Gasteiger partial charge is 0.323 e. The predicted octanol–water partition coefficient (Wildman–Crippen LogP) is 0.683. The highest BCUT2D eigenvalue weighted by molar-refractivity contribution is 5.87. The molecule has 3 nitrogen and oxygen atoms in total. The van der Waals surface area contributed by atoms with Crippen molar-refractivity contribution in [2.75, 3.05) is 20.3 Å². The number of carbonyl (C=O) groups is 1. The van der Waals surface area contributed by atoms with E-state index >= 15 is 0 Å². The van der Waals surface area contributed by atoms with Gasteiger partial charge in [-0.05, 0) is 26.5 Å². The molecule has 1 amide bonds. The normalized spacial score (nSPS) is 25.5. The Kier molecular flexibility index (Phi) is 2.87. The van der Waals surface area contributed by atoms with Gasteiger partial charge in [0.1, 0.15) is 0 Å². The summed E-state index contributed by atoms with van der Waals surface area (Å²) < 4.78 is 0. The van der Waals surface area contributed by atoms with Gasteiger partial charge in [0.05, 0.1) is 6.67 Å². The molecule has 1 aliphatic rings. The van der Waals surface area contributed by atoms with Crippen LogP contribution in [-0.2, 0) is 4.79 Å². The van der Waals surface area contributed by atoms with Gasteiger partial charge in [0.15, 0.2) is 0 Å². The summed E-state index contributed by atoms with van der Waals surface area (Å²) in [6.45, 7) is 7.36. The first kappa shape index (κ1) is 9.26. The third kappa shape index (κ3) is 1.85. The van der Waals surface area contributed by atoms with Gasteiger partial charge in [-0.25, -0.2) is 0 Å². The van der Waals surface area contributed by atoms with Crippen molar-refractivity contribution in [2.24, 2.45) is 0 Å². The molecule has 0 N–H and O–H groups in total. The van der Waals surface area contributed by atoms with Crippen molar-refractivity contribution in [2.45, 2.75) is 19.4 Å². The van der Waals surface area contributed by atoms with Crippen molar-refractivity contribution in [1.82, 2.24) is 9.80 Å². The van der Waals surface area contributed by atoms with Crippen molar-refractivity contribution in [1.29, 1.82) is 0 Å². The molecule has 12 heavy (non-hydrogen) atoms. The van der Waals surface area contributed by atoms with Crippen molar-refractivity contribution in [3.8, 4) is 0 Å². The third-order valence-electron chi connectivity index (χ3n) is 2.31. The lowest BCUT2D eigenvalue weighted by atomic mass is 10.1. The number of amides is 1. The van der Waals surface area contributed by atoms with E-state index in [1.54, 1.807) is 0 Å². The molecule has 0 bridgehead atoms. The van der Waals surface area contributed by atoms with Gasteiger partial charge in [-0.1, -0.05) is 6.58 Å². The first-order valence-corrected chi connectivity index (χ1v) is 4.26. The van der Waals surface area contributed by atoms with Gasteiger partial charge in [0.25, 0.3) is 0 Å².